The number of methoxy groups -OCH3 is 1. The minimum Gasteiger partial charge on any atom is -0.495 e. The van der Waals surface area contributed by atoms with Crippen LogP contribution in [-0.4, -0.2) is 34.2 Å². The van der Waals surface area contributed by atoms with E-state index in [0.717, 1.165) is 28.1 Å². The maximum atomic E-state index is 12.5. The van der Waals surface area contributed by atoms with E-state index >= 15 is 0 Å². The average molecular weight is 376 g/mol. The van der Waals surface area contributed by atoms with Crippen molar-refractivity contribution in [2.24, 2.45) is 0 Å². The molecular weight excluding hydrogens is 352 g/mol. The van der Waals surface area contributed by atoms with Crippen LogP contribution in [-0.2, 0) is 21.2 Å². The zero-order chi connectivity index (χ0) is 19.3. The molecule has 2 aromatic rings. The van der Waals surface area contributed by atoms with Crippen molar-refractivity contribution >= 4 is 27.3 Å². The molecule has 1 amide bonds. The minimum absolute atomic E-state index is 0.318. The van der Waals surface area contributed by atoms with Gasteiger partial charge in [0.25, 0.3) is 0 Å². The predicted molar refractivity (Wildman–Crippen MR) is 104 cm³/mol. The van der Waals surface area contributed by atoms with Gasteiger partial charge in [0.2, 0.25) is 15.9 Å². The number of nitrogens with one attached hydrogen (secondary N) is 1. The lowest BCUT2D eigenvalue weighted by Crippen LogP contribution is -2.37. The van der Waals surface area contributed by atoms with Crippen molar-refractivity contribution in [3.8, 4) is 5.75 Å². The summed E-state index contributed by atoms with van der Waals surface area (Å²) in [7, 11) is -2.10. The number of sulfonamides is 1. The third-order valence-electron chi connectivity index (χ3n) is 3.95. The molecule has 0 aromatic heterocycles. The summed E-state index contributed by atoms with van der Waals surface area (Å²) in [4.78, 5) is 12.5. The number of amides is 1. The van der Waals surface area contributed by atoms with E-state index in [-0.39, 0.29) is 6.54 Å². The van der Waals surface area contributed by atoms with Gasteiger partial charge in [-0.25, -0.2) is 8.42 Å². The van der Waals surface area contributed by atoms with Crippen LogP contribution in [0.15, 0.2) is 42.5 Å². The molecule has 0 atom stereocenters. The second kappa shape index (κ2) is 8.23. The molecule has 2 aromatic carbocycles. The molecule has 7 heteroatoms. The highest BCUT2D eigenvalue weighted by Crippen LogP contribution is 2.25. The van der Waals surface area contributed by atoms with Crippen LogP contribution in [0, 0.1) is 6.92 Å². The van der Waals surface area contributed by atoms with Gasteiger partial charge in [0.1, 0.15) is 12.3 Å². The molecule has 2 rings (SSSR count). The Hall–Kier alpha value is -2.54. The second-order valence-electron chi connectivity index (χ2n) is 6.04. The first kappa shape index (κ1) is 19.8. The van der Waals surface area contributed by atoms with Crippen molar-refractivity contribution in [2.75, 3.05) is 29.5 Å². The van der Waals surface area contributed by atoms with Gasteiger partial charge in [0, 0.05) is 0 Å². The lowest BCUT2D eigenvalue weighted by molar-refractivity contribution is -0.114. The predicted octanol–water partition coefficient (Wildman–Crippen LogP) is 2.97. The van der Waals surface area contributed by atoms with Gasteiger partial charge in [-0.1, -0.05) is 25.1 Å². The molecule has 0 saturated carbocycles. The van der Waals surface area contributed by atoms with Crippen LogP contribution >= 0.6 is 0 Å². The standard InChI is InChI=1S/C19H24N2O4S/c1-5-15-7-9-16(10-8-15)21(26(4,23)24)13-19(22)20-17-12-14(2)6-11-18(17)25-3/h6-12H,5,13H2,1-4H3,(H,20,22). The number of nitrogens with zero attached hydrogens (tertiary/aromatic N) is 1. The van der Waals surface area contributed by atoms with Gasteiger partial charge < -0.3 is 10.1 Å². The molecular formula is C19H24N2O4S. The number of rotatable bonds is 7. The molecule has 140 valence electrons. The average Bonchev–Trinajstić information content (AvgIpc) is 2.59. The number of carbonyl (C=O) groups excluding carboxylic acids is 1. The monoisotopic (exact) mass is 376 g/mol. The van der Waals surface area contributed by atoms with Crippen molar-refractivity contribution in [1.29, 1.82) is 0 Å². The normalized spacial score (nSPS) is 11.1. The largest absolute Gasteiger partial charge is 0.495 e. The van der Waals surface area contributed by atoms with Crippen LogP contribution in [0.3, 0.4) is 0 Å². The summed E-state index contributed by atoms with van der Waals surface area (Å²) >= 11 is 0. The van der Waals surface area contributed by atoms with E-state index in [4.69, 9.17) is 4.74 Å². The Morgan fingerprint density at radius 2 is 1.81 bits per heavy atom. The van der Waals surface area contributed by atoms with Gasteiger partial charge in [-0.2, -0.15) is 0 Å². The Labute approximate surface area is 154 Å². The van der Waals surface area contributed by atoms with E-state index in [1.54, 1.807) is 24.3 Å². The Balaban J connectivity index is 2.23. The molecule has 0 fully saturated rings. The zero-order valence-corrected chi connectivity index (χ0v) is 16.3. The number of carbonyl (C=O) groups is 1. The number of benzene rings is 2. The van der Waals surface area contributed by atoms with E-state index in [9.17, 15) is 13.2 Å². The van der Waals surface area contributed by atoms with Gasteiger partial charge in [-0.05, 0) is 48.7 Å². The van der Waals surface area contributed by atoms with E-state index in [0.29, 0.717) is 17.1 Å². The number of ether oxygens (including phenoxy) is 1. The van der Waals surface area contributed by atoms with Gasteiger partial charge in [0.05, 0.1) is 24.7 Å². The van der Waals surface area contributed by atoms with E-state index in [2.05, 4.69) is 5.32 Å². The molecule has 0 spiro atoms. The summed E-state index contributed by atoms with van der Waals surface area (Å²) in [5, 5.41) is 2.73. The lowest BCUT2D eigenvalue weighted by atomic mass is 10.1. The number of anilines is 2. The summed E-state index contributed by atoms with van der Waals surface area (Å²) in [5.41, 5.74) is 3.01. The zero-order valence-electron chi connectivity index (χ0n) is 15.4. The van der Waals surface area contributed by atoms with Crippen molar-refractivity contribution in [1.82, 2.24) is 0 Å². The number of hydrogen-bond donors (Lipinski definition) is 1. The third kappa shape index (κ3) is 4.98. The molecule has 0 aliphatic heterocycles. The van der Waals surface area contributed by atoms with E-state index in [1.165, 1.54) is 7.11 Å². The molecule has 26 heavy (non-hydrogen) atoms. The van der Waals surface area contributed by atoms with Crippen LogP contribution in [0.1, 0.15) is 18.1 Å². The first-order valence-corrected chi connectivity index (χ1v) is 10.1. The maximum Gasteiger partial charge on any atom is 0.245 e. The van der Waals surface area contributed by atoms with Crippen LogP contribution in [0.5, 0.6) is 5.75 Å². The van der Waals surface area contributed by atoms with Crippen LogP contribution in [0.25, 0.3) is 0 Å². The maximum absolute atomic E-state index is 12.5. The molecule has 1 N–H and O–H groups in total. The van der Waals surface area contributed by atoms with Crippen LogP contribution < -0.4 is 14.4 Å². The van der Waals surface area contributed by atoms with Crippen molar-refractivity contribution in [3.63, 3.8) is 0 Å². The molecule has 0 aliphatic rings. The molecule has 0 aliphatic carbocycles. The van der Waals surface area contributed by atoms with Crippen LogP contribution in [0.2, 0.25) is 0 Å². The SMILES string of the molecule is CCc1ccc(N(CC(=O)Nc2cc(C)ccc2OC)S(C)(=O)=O)cc1. The Bertz CT molecular complexity index is 877. The van der Waals surface area contributed by atoms with E-state index in [1.807, 2.05) is 32.0 Å². The van der Waals surface area contributed by atoms with Crippen molar-refractivity contribution < 1.29 is 17.9 Å². The fourth-order valence-corrected chi connectivity index (χ4v) is 3.39. The molecule has 0 bridgehead atoms. The first-order chi connectivity index (χ1) is 12.2. The molecule has 0 saturated heterocycles. The third-order valence-corrected chi connectivity index (χ3v) is 5.09. The quantitative estimate of drug-likeness (QED) is 0.806. The molecule has 0 unspecified atom stereocenters. The van der Waals surface area contributed by atoms with Gasteiger partial charge in [0.15, 0.2) is 0 Å². The van der Waals surface area contributed by atoms with Crippen molar-refractivity contribution in [3.05, 3.63) is 53.6 Å². The number of aryl methyl sites for hydroxylation is 2. The fraction of sp³-hybridized carbons (Fsp3) is 0.316. The summed E-state index contributed by atoms with van der Waals surface area (Å²) in [6.45, 7) is 3.60. The molecule has 0 heterocycles. The Morgan fingerprint density at radius 3 is 2.35 bits per heavy atom. The second-order valence-corrected chi connectivity index (χ2v) is 7.95. The summed E-state index contributed by atoms with van der Waals surface area (Å²) < 4.78 is 30.7. The Morgan fingerprint density at radius 1 is 1.15 bits per heavy atom. The fourth-order valence-electron chi connectivity index (χ4n) is 2.54. The van der Waals surface area contributed by atoms with Crippen molar-refractivity contribution in [2.45, 2.75) is 20.3 Å². The highest BCUT2D eigenvalue weighted by Gasteiger charge is 2.21. The topological polar surface area (TPSA) is 75.7 Å². The van der Waals surface area contributed by atoms with Gasteiger partial charge in [-0.3, -0.25) is 9.10 Å². The minimum atomic E-state index is -3.61. The summed E-state index contributed by atoms with van der Waals surface area (Å²) in [5.74, 6) is 0.0704. The first-order valence-electron chi connectivity index (χ1n) is 8.25. The number of hydrogen-bond acceptors (Lipinski definition) is 4. The molecule has 6 nitrogen and oxygen atoms in total. The van der Waals surface area contributed by atoms with Gasteiger partial charge in [-0.15, -0.1) is 0 Å². The lowest BCUT2D eigenvalue weighted by Gasteiger charge is -2.22. The smallest absolute Gasteiger partial charge is 0.245 e. The van der Waals surface area contributed by atoms with E-state index < -0.39 is 15.9 Å². The highest BCUT2D eigenvalue weighted by molar-refractivity contribution is 7.92. The highest BCUT2D eigenvalue weighted by atomic mass is 32.2. The van der Waals surface area contributed by atoms with Crippen LogP contribution in [0.4, 0.5) is 11.4 Å². The molecule has 0 radical (unpaired) electrons. The van der Waals surface area contributed by atoms with Gasteiger partial charge >= 0.3 is 0 Å². The summed E-state index contributed by atoms with van der Waals surface area (Å²) in [6, 6.07) is 12.5. The summed E-state index contributed by atoms with van der Waals surface area (Å²) in [6.07, 6.45) is 1.94. The Kier molecular flexibility index (Phi) is 6.26.